The monoisotopic (exact) mass is 215 g/mol. The Labute approximate surface area is 98.9 Å². The minimum absolute atomic E-state index is 0.934. The van der Waals surface area contributed by atoms with Gasteiger partial charge < -0.3 is 5.32 Å². The van der Waals surface area contributed by atoms with Crippen molar-refractivity contribution in [2.75, 3.05) is 6.54 Å². The molecule has 0 spiro atoms. The number of hydrogen-bond donors (Lipinski definition) is 1. The predicted octanol–water partition coefficient (Wildman–Crippen LogP) is 3.69. The average molecular weight is 215 g/mol. The summed E-state index contributed by atoms with van der Waals surface area (Å²) in [6.07, 6.45) is 7.56. The van der Waals surface area contributed by atoms with Crippen LogP contribution in [0.3, 0.4) is 0 Å². The highest BCUT2D eigenvalue weighted by molar-refractivity contribution is 5.15. The molecular formula is C15H21N. The van der Waals surface area contributed by atoms with Gasteiger partial charge in [0.15, 0.2) is 0 Å². The van der Waals surface area contributed by atoms with E-state index in [1.807, 2.05) is 6.07 Å². The fraction of sp³-hybridized carbons (Fsp3) is 0.333. The molecular weight excluding hydrogens is 194 g/mol. The molecule has 1 aromatic carbocycles. The van der Waals surface area contributed by atoms with Crippen molar-refractivity contribution in [2.24, 2.45) is 0 Å². The smallest absolute Gasteiger partial charge is 0.0208 e. The first kappa shape index (κ1) is 12.7. The molecule has 0 fully saturated rings. The molecule has 1 rings (SSSR count). The molecule has 1 N–H and O–H groups in total. The zero-order valence-corrected chi connectivity index (χ0v) is 10.2. The third-order valence-electron chi connectivity index (χ3n) is 2.33. The van der Waals surface area contributed by atoms with Gasteiger partial charge in [0.1, 0.15) is 0 Å². The van der Waals surface area contributed by atoms with Crippen LogP contribution in [-0.2, 0) is 6.54 Å². The van der Waals surface area contributed by atoms with Crippen LogP contribution in [0, 0.1) is 0 Å². The Bertz CT molecular complexity index is 336. The van der Waals surface area contributed by atoms with E-state index in [2.05, 4.69) is 61.7 Å². The van der Waals surface area contributed by atoms with Gasteiger partial charge in [-0.25, -0.2) is 0 Å². The van der Waals surface area contributed by atoms with Crippen LogP contribution < -0.4 is 5.32 Å². The molecule has 0 heterocycles. The summed E-state index contributed by atoms with van der Waals surface area (Å²) in [5.41, 5.74) is 2.69. The highest BCUT2D eigenvalue weighted by atomic mass is 14.8. The minimum Gasteiger partial charge on any atom is -0.309 e. The third kappa shape index (κ3) is 5.52. The first-order valence-corrected chi connectivity index (χ1v) is 5.90. The van der Waals surface area contributed by atoms with Crippen LogP contribution in [0.25, 0.3) is 0 Å². The van der Waals surface area contributed by atoms with Crippen molar-refractivity contribution in [1.29, 1.82) is 0 Å². The normalized spacial score (nSPS) is 12.2. The van der Waals surface area contributed by atoms with Crippen LogP contribution in [0.15, 0.2) is 54.1 Å². The van der Waals surface area contributed by atoms with Crippen molar-refractivity contribution in [3.63, 3.8) is 0 Å². The highest BCUT2D eigenvalue weighted by Gasteiger charge is 1.91. The Kier molecular flexibility index (Phi) is 6.28. The molecule has 1 aromatic rings. The van der Waals surface area contributed by atoms with Gasteiger partial charge in [0.05, 0.1) is 0 Å². The van der Waals surface area contributed by atoms with Crippen LogP contribution in [0.1, 0.15) is 25.8 Å². The summed E-state index contributed by atoms with van der Waals surface area (Å²) < 4.78 is 0. The first-order chi connectivity index (χ1) is 7.83. The molecule has 1 nitrogen and oxygen atoms in total. The van der Waals surface area contributed by atoms with E-state index in [-0.39, 0.29) is 0 Å². The Morgan fingerprint density at radius 3 is 2.69 bits per heavy atom. The van der Waals surface area contributed by atoms with Gasteiger partial charge >= 0.3 is 0 Å². The van der Waals surface area contributed by atoms with Gasteiger partial charge in [-0.1, -0.05) is 61.1 Å². The van der Waals surface area contributed by atoms with Gasteiger partial charge in [-0.05, 0) is 18.9 Å². The molecule has 86 valence electrons. The Morgan fingerprint density at radius 1 is 1.25 bits per heavy atom. The fourth-order valence-corrected chi connectivity index (χ4v) is 1.43. The third-order valence-corrected chi connectivity index (χ3v) is 2.33. The first-order valence-electron chi connectivity index (χ1n) is 5.90. The molecule has 0 bridgehead atoms. The largest absolute Gasteiger partial charge is 0.309 e. The summed E-state index contributed by atoms with van der Waals surface area (Å²) in [6.45, 7) is 6.18. The molecule has 0 atom stereocenters. The van der Waals surface area contributed by atoms with Crippen molar-refractivity contribution in [1.82, 2.24) is 5.32 Å². The van der Waals surface area contributed by atoms with E-state index in [0.29, 0.717) is 0 Å². The molecule has 0 saturated carbocycles. The van der Waals surface area contributed by atoms with Gasteiger partial charge in [0.25, 0.3) is 0 Å². The van der Waals surface area contributed by atoms with E-state index in [1.165, 1.54) is 11.1 Å². The maximum atomic E-state index is 3.43. The molecule has 16 heavy (non-hydrogen) atoms. The van der Waals surface area contributed by atoms with Crippen molar-refractivity contribution in [2.45, 2.75) is 26.8 Å². The highest BCUT2D eigenvalue weighted by Crippen LogP contribution is 1.98. The standard InChI is InChI=1S/C15H21N/c1-3-4-6-9-14(2)12-16-13-15-10-7-5-8-11-15/h4-11,16H,3,12-13H2,1-2H3/b6-4-,14-9+. The molecule has 0 aliphatic carbocycles. The van der Waals surface area contributed by atoms with Crippen molar-refractivity contribution >= 4 is 0 Å². The van der Waals surface area contributed by atoms with Gasteiger partial charge in [-0.2, -0.15) is 0 Å². The van der Waals surface area contributed by atoms with E-state index in [4.69, 9.17) is 0 Å². The molecule has 0 saturated heterocycles. The van der Waals surface area contributed by atoms with Crippen molar-refractivity contribution in [3.8, 4) is 0 Å². The summed E-state index contributed by atoms with van der Waals surface area (Å²) >= 11 is 0. The quantitative estimate of drug-likeness (QED) is 0.714. The Hall–Kier alpha value is -1.34. The molecule has 0 aliphatic heterocycles. The minimum atomic E-state index is 0.934. The molecule has 0 amide bonds. The van der Waals surface area contributed by atoms with Gasteiger partial charge in [-0.15, -0.1) is 0 Å². The predicted molar refractivity (Wildman–Crippen MR) is 71.3 cm³/mol. The molecule has 1 heteroatoms. The van der Waals surface area contributed by atoms with Gasteiger partial charge in [0.2, 0.25) is 0 Å². The van der Waals surface area contributed by atoms with Gasteiger partial charge in [-0.3, -0.25) is 0 Å². The van der Waals surface area contributed by atoms with Gasteiger partial charge in [0, 0.05) is 13.1 Å². The second kappa shape index (κ2) is 7.89. The molecule has 0 unspecified atom stereocenters. The van der Waals surface area contributed by atoms with E-state index in [9.17, 15) is 0 Å². The lowest BCUT2D eigenvalue weighted by atomic mass is 10.2. The zero-order valence-electron chi connectivity index (χ0n) is 10.2. The van der Waals surface area contributed by atoms with Crippen molar-refractivity contribution < 1.29 is 0 Å². The number of rotatable bonds is 6. The van der Waals surface area contributed by atoms with Crippen LogP contribution in [0.4, 0.5) is 0 Å². The van der Waals surface area contributed by atoms with E-state index < -0.39 is 0 Å². The van der Waals surface area contributed by atoms with Crippen LogP contribution in [-0.4, -0.2) is 6.54 Å². The summed E-state index contributed by atoms with van der Waals surface area (Å²) in [6, 6.07) is 10.5. The van der Waals surface area contributed by atoms with E-state index in [1.54, 1.807) is 0 Å². The van der Waals surface area contributed by atoms with E-state index >= 15 is 0 Å². The molecule has 0 aromatic heterocycles. The second-order valence-electron chi connectivity index (χ2n) is 3.94. The van der Waals surface area contributed by atoms with Crippen molar-refractivity contribution in [3.05, 3.63) is 59.7 Å². The lowest BCUT2D eigenvalue weighted by molar-refractivity contribution is 0.739. The maximum Gasteiger partial charge on any atom is 0.0208 e. The number of nitrogens with one attached hydrogen (secondary N) is 1. The SMILES string of the molecule is CC/C=C\C=C(/C)CNCc1ccccc1. The zero-order chi connectivity index (χ0) is 11.6. The molecule has 0 radical (unpaired) electrons. The summed E-state index contributed by atoms with van der Waals surface area (Å²) in [5.74, 6) is 0. The average Bonchev–Trinajstić information content (AvgIpc) is 2.31. The Morgan fingerprint density at radius 2 is 2.00 bits per heavy atom. The fourth-order valence-electron chi connectivity index (χ4n) is 1.43. The van der Waals surface area contributed by atoms with Crippen LogP contribution in [0.2, 0.25) is 0 Å². The Balaban J connectivity index is 2.25. The summed E-state index contributed by atoms with van der Waals surface area (Å²) in [5, 5.41) is 3.43. The topological polar surface area (TPSA) is 12.0 Å². The number of allylic oxidation sites excluding steroid dienone is 3. The van der Waals surface area contributed by atoms with Crippen LogP contribution >= 0.6 is 0 Å². The summed E-state index contributed by atoms with van der Waals surface area (Å²) in [4.78, 5) is 0. The second-order valence-corrected chi connectivity index (χ2v) is 3.94. The number of hydrogen-bond acceptors (Lipinski definition) is 1. The number of benzene rings is 1. The summed E-state index contributed by atoms with van der Waals surface area (Å²) in [7, 11) is 0. The lowest BCUT2D eigenvalue weighted by Gasteiger charge is -2.04. The van der Waals surface area contributed by atoms with Crippen LogP contribution in [0.5, 0.6) is 0 Å². The van der Waals surface area contributed by atoms with E-state index in [0.717, 1.165) is 19.5 Å². The lowest BCUT2D eigenvalue weighted by Crippen LogP contribution is -2.15. The maximum absolute atomic E-state index is 3.43. The molecule has 0 aliphatic rings.